The molecule has 0 spiro atoms. The van der Waals surface area contributed by atoms with E-state index >= 15 is 0 Å². The third-order valence-corrected chi connectivity index (χ3v) is 6.93. The Balaban J connectivity index is 1.52. The van der Waals surface area contributed by atoms with Crippen LogP contribution in [0.1, 0.15) is 28.5 Å². The largest absolute Gasteiger partial charge is 0.497 e. The predicted molar refractivity (Wildman–Crippen MR) is 138 cm³/mol. The number of rotatable bonds is 7. The smallest absolute Gasteiger partial charge is 0.271 e. The normalized spacial score (nSPS) is 17.1. The molecule has 1 unspecified atom stereocenters. The number of hydrogen-bond donors (Lipinski definition) is 1. The molecule has 0 saturated carbocycles. The number of para-hydroxylation sites is 2. The maximum absolute atomic E-state index is 13.9. The molecule has 36 heavy (non-hydrogen) atoms. The molecule has 1 N–H and O–H groups in total. The van der Waals surface area contributed by atoms with Crippen LogP contribution in [0.5, 0.6) is 11.5 Å². The number of methoxy groups -OCH3 is 2. The van der Waals surface area contributed by atoms with E-state index in [2.05, 4.69) is 5.32 Å². The highest BCUT2D eigenvalue weighted by Crippen LogP contribution is 2.34. The minimum Gasteiger partial charge on any atom is -0.497 e. The zero-order valence-corrected chi connectivity index (χ0v) is 20.7. The third-order valence-electron chi connectivity index (χ3n) is 6.93. The van der Waals surface area contributed by atoms with Gasteiger partial charge in [-0.2, -0.15) is 0 Å². The number of amides is 2. The van der Waals surface area contributed by atoms with Crippen LogP contribution in [0.3, 0.4) is 0 Å². The number of fused-ring (bicyclic) bond motifs is 3. The van der Waals surface area contributed by atoms with Crippen LogP contribution in [0.15, 0.2) is 78.9 Å². The highest BCUT2D eigenvalue weighted by Gasteiger charge is 2.47. The second kappa shape index (κ2) is 9.41. The Bertz CT molecular complexity index is 1440. The Labute approximate surface area is 210 Å². The van der Waals surface area contributed by atoms with Crippen LogP contribution in [0.2, 0.25) is 0 Å². The van der Waals surface area contributed by atoms with Crippen molar-refractivity contribution >= 4 is 22.7 Å². The average Bonchev–Trinajstić information content (AvgIpc) is 3.28. The van der Waals surface area contributed by atoms with Gasteiger partial charge >= 0.3 is 0 Å². The first-order valence-electron chi connectivity index (χ1n) is 11.9. The molecule has 3 aromatic carbocycles. The Morgan fingerprint density at radius 1 is 0.972 bits per heavy atom. The van der Waals surface area contributed by atoms with Gasteiger partial charge in [-0.15, -0.1) is 0 Å². The fourth-order valence-electron chi connectivity index (χ4n) is 4.92. The summed E-state index contributed by atoms with van der Waals surface area (Å²) in [5, 5.41) is 4.04. The van der Waals surface area contributed by atoms with E-state index in [1.54, 1.807) is 19.1 Å². The zero-order valence-electron chi connectivity index (χ0n) is 20.7. The standard InChI is InChI=1S/C29H29N3O4/c1-29(28(34)30-17-22-11-5-7-14-26(22)36-3)19-31-24-13-6-4-10-21(24)16-25(31)27(33)32(29)18-20-9-8-12-23(15-20)35-2/h4-16H,17-19H2,1-3H3,(H,30,34). The van der Waals surface area contributed by atoms with Crippen molar-refractivity contribution in [3.63, 3.8) is 0 Å². The van der Waals surface area contributed by atoms with E-state index in [0.29, 0.717) is 30.3 Å². The lowest BCUT2D eigenvalue weighted by molar-refractivity contribution is -0.133. The fraction of sp³-hybridized carbons (Fsp3) is 0.241. The van der Waals surface area contributed by atoms with Gasteiger partial charge in [-0.25, -0.2) is 0 Å². The third kappa shape index (κ3) is 4.06. The fourth-order valence-corrected chi connectivity index (χ4v) is 4.92. The van der Waals surface area contributed by atoms with Gasteiger partial charge in [0.25, 0.3) is 5.91 Å². The first kappa shape index (κ1) is 23.5. The average molecular weight is 484 g/mol. The zero-order chi connectivity index (χ0) is 25.3. The molecule has 0 radical (unpaired) electrons. The van der Waals surface area contributed by atoms with Gasteiger partial charge in [0, 0.05) is 29.6 Å². The minimum atomic E-state index is -1.13. The van der Waals surface area contributed by atoms with E-state index < -0.39 is 5.54 Å². The lowest BCUT2D eigenvalue weighted by Gasteiger charge is -2.44. The lowest BCUT2D eigenvalue weighted by Crippen LogP contribution is -2.63. The van der Waals surface area contributed by atoms with Crippen LogP contribution in [0.4, 0.5) is 0 Å². The molecule has 1 aliphatic heterocycles. The van der Waals surface area contributed by atoms with Gasteiger partial charge in [-0.1, -0.05) is 48.5 Å². The van der Waals surface area contributed by atoms with Crippen LogP contribution >= 0.6 is 0 Å². The second-order valence-electron chi connectivity index (χ2n) is 9.19. The number of aromatic nitrogens is 1. The number of carbonyl (C=O) groups excluding carboxylic acids is 2. The van der Waals surface area contributed by atoms with Crippen LogP contribution < -0.4 is 14.8 Å². The van der Waals surface area contributed by atoms with Crippen LogP contribution in [0.25, 0.3) is 10.9 Å². The van der Waals surface area contributed by atoms with Crippen molar-refractivity contribution in [2.75, 3.05) is 14.2 Å². The topological polar surface area (TPSA) is 72.8 Å². The van der Waals surface area contributed by atoms with Crippen molar-refractivity contribution in [1.82, 2.24) is 14.8 Å². The van der Waals surface area contributed by atoms with E-state index in [9.17, 15) is 9.59 Å². The van der Waals surface area contributed by atoms with Crippen molar-refractivity contribution in [3.8, 4) is 11.5 Å². The number of benzene rings is 3. The van der Waals surface area contributed by atoms with E-state index in [0.717, 1.165) is 22.0 Å². The summed E-state index contributed by atoms with van der Waals surface area (Å²) in [6.07, 6.45) is 0. The SMILES string of the molecule is COc1cccc(CN2C(=O)c3cc4ccccc4n3CC2(C)C(=O)NCc2ccccc2OC)c1. The Kier molecular flexibility index (Phi) is 6.14. The summed E-state index contributed by atoms with van der Waals surface area (Å²) < 4.78 is 12.8. The van der Waals surface area contributed by atoms with Crippen molar-refractivity contribution in [1.29, 1.82) is 0 Å². The van der Waals surface area contributed by atoms with Gasteiger partial charge < -0.3 is 24.3 Å². The molecular weight excluding hydrogens is 454 g/mol. The quantitative estimate of drug-likeness (QED) is 0.423. The molecular formula is C29H29N3O4. The van der Waals surface area contributed by atoms with E-state index in [4.69, 9.17) is 9.47 Å². The van der Waals surface area contributed by atoms with Crippen LogP contribution in [-0.4, -0.2) is 41.0 Å². The number of carbonyl (C=O) groups is 2. The number of nitrogens with zero attached hydrogens (tertiary/aromatic N) is 2. The van der Waals surface area contributed by atoms with Crippen molar-refractivity contribution < 1.29 is 19.1 Å². The predicted octanol–water partition coefficient (Wildman–Crippen LogP) is 4.39. The molecule has 2 heterocycles. The summed E-state index contributed by atoms with van der Waals surface area (Å²) in [4.78, 5) is 29.4. The molecule has 1 atom stereocenters. The molecule has 1 aromatic heterocycles. The maximum Gasteiger partial charge on any atom is 0.271 e. The van der Waals surface area contributed by atoms with Crippen LogP contribution in [0, 0.1) is 0 Å². The van der Waals surface area contributed by atoms with E-state index in [-0.39, 0.29) is 18.4 Å². The maximum atomic E-state index is 13.9. The molecule has 5 rings (SSSR count). The molecule has 7 heteroatoms. The van der Waals surface area contributed by atoms with Crippen molar-refractivity contribution in [2.24, 2.45) is 0 Å². The summed E-state index contributed by atoms with van der Waals surface area (Å²) in [6.45, 7) is 2.73. The number of ether oxygens (including phenoxy) is 2. The number of hydrogen-bond acceptors (Lipinski definition) is 4. The van der Waals surface area contributed by atoms with Crippen molar-refractivity contribution in [3.05, 3.63) is 95.7 Å². The second-order valence-corrected chi connectivity index (χ2v) is 9.19. The molecule has 2 amide bonds. The first-order chi connectivity index (χ1) is 17.4. The summed E-state index contributed by atoms with van der Waals surface area (Å²) in [5.41, 5.74) is 2.14. The molecule has 0 fully saturated rings. The summed E-state index contributed by atoms with van der Waals surface area (Å²) >= 11 is 0. The Morgan fingerprint density at radius 3 is 2.56 bits per heavy atom. The molecule has 0 aliphatic carbocycles. The van der Waals surface area contributed by atoms with Gasteiger partial charge in [-0.05, 0) is 42.8 Å². The van der Waals surface area contributed by atoms with E-state index in [1.165, 1.54) is 0 Å². The molecule has 4 aromatic rings. The Morgan fingerprint density at radius 2 is 1.75 bits per heavy atom. The van der Waals surface area contributed by atoms with Gasteiger partial charge in [0.1, 0.15) is 22.7 Å². The summed E-state index contributed by atoms with van der Waals surface area (Å²) in [5.74, 6) is 0.992. The molecule has 1 aliphatic rings. The molecule has 7 nitrogen and oxygen atoms in total. The summed E-state index contributed by atoms with van der Waals surface area (Å²) in [6, 6.07) is 24.9. The molecule has 0 saturated heterocycles. The lowest BCUT2D eigenvalue weighted by atomic mass is 9.93. The molecule has 184 valence electrons. The first-order valence-corrected chi connectivity index (χ1v) is 11.9. The van der Waals surface area contributed by atoms with Crippen molar-refractivity contribution in [2.45, 2.75) is 32.1 Å². The van der Waals surface area contributed by atoms with Gasteiger partial charge in [0.15, 0.2) is 0 Å². The number of nitrogens with one attached hydrogen (secondary N) is 1. The molecule has 0 bridgehead atoms. The van der Waals surface area contributed by atoms with Gasteiger partial charge in [-0.3, -0.25) is 9.59 Å². The highest BCUT2D eigenvalue weighted by molar-refractivity contribution is 6.03. The van der Waals surface area contributed by atoms with E-state index in [1.807, 2.05) is 90.4 Å². The Hall–Kier alpha value is -4.26. The van der Waals surface area contributed by atoms with Crippen LogP contribution in [-0.2, 0) is 24.4 Å². The van der Waals surface area contributed by atoms with Gasteiger partial charge in [0.2, 0.25) is 5.91 Å². The monoisotopic (exact) mass is 483 g/mol. The summed E-state index contributed by atoms with van der Waals surface area (Å²) in [7, 11) is 3.22. The highest BCUT2D eigenvalue weighted by atomic mass is 16.5. The minimum absolute atomic E-state index is 0.185. The van der Waals surface area contributed by atoms with Gasteiger partial charge in [0.05, 0.1) is 20.8 Å².